The predicted octanol–water partition coefficient (Wildman–Crippen LogP) is 4.18. The summed E-state index contributed by atoms with van der Waals surface area (Å²) in [5.74, 6) is -0.171. The van der Waals surface area contributed by atoms with E-state index in [9.17, 15) is 9.18 Å². The van der Waals surface area contributed by atoms with Crippen LogP contribution >= 0.6 is 0 Å². The van der Waals surface area contributed by atoms with Gasteiger partial charge in [0.15, 0.2) is 6.79 Å². The van der Waals surface area contributed by atoms with Crippen molar-refractivity contribution in [1.29, 1.82) is 0 Å². The van der Waals surface area contributed by atoms with E-state index in [1.807, 2.05) is 13.8 Å². The first-order valence-electron chi connectivity index (χ1n) is 7.34. The second-order valence-electron chi connectivity index (χ2n) is 5.42. The van der Waals surface area contributed by atoms with Crippen molar-refractivity contribution >= 4 is 11.6 Å². The third-order valence-corrected chi connectivity index (χ3v) is 3.36. The van der Waals surface area contributed by atoms with Gasteiger partial charge in [-0.1, -0.05) is 19.9 Å². The van der Waals surface area contributed by atoms with Gasteiger partial charge in [-0.05, 0) is 47.9 Å². The molecule has 0 saturated carbocycles. The number of amides is 1. The standard InChI is InChI=1S/C18H20FNO3/c1-12(2)13-4-9-16(17(19)10-13)18(21)20-14-5-7-15(8-6-14)23-11-22-3/h4-10,12H,11H2,1-3H3,(H,20,21). The summed E-state index contributed by atoms with van der Waals surface area (Å²) in [4.78, 5) is 12.2. The fraction of sp³-hybridized carbons (Fsp3) is 0.278. The molecule has 0 unspecified atom stereocenters. The van der Waals surface area contributed by atoms with Crippen LogP contribution < -0.4 is 10.1 Å². The van der Waals surface area contributed by atoms with Gasteiger partial charge in [-0.15, -0.1) is 0 Å². The van der Waals surface area contributed by atoms with Crippen molar-refractivity contribution in [3.8, 4) is 5.75 Å². The number of carbonyl (C=O) groups is 1. The van der Waals surface area contributed by atoms with Crippen LogP contribution in [0, 0.1) is 5.82 Å². The van der Waals surface area contributed by atoms with E-state index in [4.69, 9.17) is 9.47 Å². The normalized spacial score (nSPS) is 10.7. The van der Waals surface area contributed by atoms with Crippen LogP contribution in [0.25, 0.3) is 0 Å². The number of methoxy groups -OCH3 is 1. The lowest BCUT2D eigenvalue weighted by Gasteiger charge is -2.10. The molecule has 1 amide bonds. The number of anilines is 1. The minimum absolute atomic E-state index is 0.0223. The maximum Gasteiger partial charge on any atom is 0.258 e. The molecule has 2 aromatic carbocycles. The van der Waals surface area contributed by atoms with E-state index in [0.29, 0.717) is 11.4 Å². The minimum atomic E-state index is -0.520. The van der Waals surface area contributed by atoms with E-state index in [-0.39, 0.29) is 18.3 Å². The Morgan fingerprint density at radius 1 is 1.17 bits per heavy atom. The van der Waals surface area contributed by atoms with Crippen LogP contribution in [-0.2, 0) is 4.74 Å². The number of benzene rings is 2. The molecule has 0 atom stereocenters. The van der Waals surface area contributed by atoms with Gasteiger partial charge in [0.2, 0.25) is 0 Å². The molecule has 0 aliphatic rings. The second-order valence-corrected chi connectivity index (χ2v) is 5.42. The van der Waals surface area contributed by atoms with Gasteiger partial charge in [0.25, 0.3) is 5.91 Å². The summed E-state index contributed by atoms with van der Waals surface area (Å²) in [6.07, 6.45) is 0. The van der Waals surface area contributed by atoms with E-state index in [1.54, 1.807) is 30.3 Å². The first-order valence-corrected chi connectivity index (χ1v) is 7.34. The average Bonchev–Trinajstić information content (AvgIpc) is 2.53. The molecular weight excluding hydrogens is 297 g/mol. The first kappa shape index (κ1) is 17.0. The SMILES string of the molecule is COCOc1ccc(NC(=O)c2ccc(C(C)C)cc2F)cc1. The van der Waals surface area contributed by atoms with Gasteiger partial charge in [-0.3, -0.25) is 4.79 Å². The Balaban J connectivity index is 2.07. The van der Waals surface area contributed by atoms with Crippen LogP contribution in [0.2, 0.25) is 0 Å². The Labute approximate surface area is 135 Å². The summed E-state index contributed by atoms with van der Waals surface area (Å²) in [6, 6.07) is 11.5. The lowest BCUT2D eigenvalue weighted by molar-refractivity contribution is 0.0511. The Morgan fingerprint density at radius 3 is 2.43 bits per heavy atom. The van der Waals surface area contributed by atoms with Gasteiger partial charge in [0.05, 0.1) is 5.56 Å². The summed E-state index contributed by atoms with van der Waals surface area (Å²) in [6.45, 7) is 4.10. The Kier molecular flexibility index (Phi) is 5.71. The fourth-order valence-electron chi connectivity index (χ4n) is 2.03. The van der Waals surface area contributed by atoms with Crippen molar-refractivity contribution in [2.24, 2.45) is 0 Å². The number of rotatable bonds is 6. The zero-order valence-corrected chi connectivity index (χ0v) is 13.4. The molecule has 0 bridgehead atoms. The minimum Gasteiger partial charge on any atom is -0.468 e. The van der Waals surface area contributed by atoms with Crippen molar-refractivity contribution in [3.05, 3.63) is 59.4 Å². The molecular formula is C18H20FNO3. The van der Waals surface area contributed by atoms with Gasteiger partial charge >= 0.3 is 0 Å². The van der Waals surface area contributed by atoms with E-state index in [1.165, 1.54) is 19.2 Å². The molecule has 2 aromatic rings. The molecule has 122 valence electrons. The zero-order chi connectivity index (χ0) is 16.8. The summed E-state index contributed by atoms with van der Waals surface area (Å²) < 4.78 is 24.1. The summed E-state index contributed by atoms with van der Waals surface area (Å²) in [5.41, 5.74) is 1.44. The maximum absolute atomic E-state index is 14.1. The predicted molar refractivity (Wildman–Crippen MR) is 87.4 cm³/mol. The molecule has 0 saturated heterocycles. The van der Waals surface area contributed by atoms with Crippen molar-refractivity contribution in [2.45, 2.75) is 19.8 Å². The highest BCUT2D eigenvalue weighted by molar-refractivity contribution is 6.04. The molecule has 5 heteroatoms. The van der Waals surface area contributed by atoms with E-state index in [2.05, 4.69) is 5.32 Å². The molecule has 0 aromatic heterocycles. The van der Waals surface area contributed by atoms with Crippen LogP contribution in [0.3, 0.4) is 0 Å². The van der Waals surface area contributed by atoms with Gasteiger partial charge in [0, 0.05) is 12.8 Å². The van der Waals surface area contributed by atoms with Crippen LogP contribution in [-0.4, -0.2) is 19.8 Å². The zero-order valence-electron chi connectivity index (χ0n) is 13.4. The van der Waals surface area contributed by atoms with Crippen LogP contribution in [0.4, 0.5) is 10.1 Å². The molecule has 4 nitrogen and oxygen atoms in total. The number of hydrogen-bond acceptors (Lipinski definition) is 3. The first-order chi connectivity index (χ1) is 11.0. The topological polar surface area (TPSA) is 47.6 Å². The molecule has 0 fully saturated rings. The Hall–Kier alpha value is -2.40. The Morgan fingerprint density at radius 2 is 1.87 bits per heavy atom. The van der Waals surface area contributed by atoms with Crippen LogP contribution in [0.15, 0.2) is 42.5 Å². The fourth-order valence-corrected chi connectivity index (χ4v) is 2.03. The lowest BCUT2D eigenvalue weighted by Crippen LogP contribution is -2.14. The average molecular weight is 317 g/mol. The van der Waals surface area contributed by atoms with Gasteiger partial charge in [-0.25, -0.2) is 4.39 Å². The number of hydrogen-bond donors (Lipinski definition) is 1. The number of halogens is 1. The summed E-state index contributed by atoms with van der Waals surface area (Å²) >= 11 is 0. The largest absolute Gasteiger partial charge is 0.468 e. The highest BCUT2D eigenvalue weighted by atomic mass is 19.1. The molecule has 0 aliphatic heterocycles. The second kappa shape index (κ2) is 7.74. The third-order valence-electron chi connectivity index (χ3n) is 3.36. The van der Waals surface area contributed by atoms with Crippen molar-refractivity contribution in [3.63, 3.8) is 0 Å². The quantitative estimate of drug-likeness (QED) is 0.813. The molecule has 0 heterocycles. The number of carbonyl (C=O) groups excluding carboxylic acids is 1. The van der Waals surface area contributed by atoms with Crippen molar-refractivity contribution in [1.82, 2.24) is 0 Å². The molecule has 0 spiro atoms. The molecule has 0 aliphatic carbocycles. The van der Waals surface area contributed by atoms with Gasteiger partial charge < -0.3 is 14.8 Å². The molecule has 23 heavy (non-hydrogen) atoms. The highest BCUT2D eigenvalue weighted by Gasteiger charge is 2.13. The van der Waals surface area contributed by atoms with Crippen LogP contribution in [0.5, 0.6) is 5.75 Å². The van der Waals surface area contributed by atoms with Gasteiger partial charge in [-0.2, -0.15) is 0 Å². The smallest absolute Gasteiger partial charge is 0.258 e. The maximum atomic E-state index is 14.1. The highest BCUT2D eigenvalue weighted by Crippen LogP contribution is 2.20. The molecule has 1 N–H and O–H groups in total. The number of nitrogens with one attached hydrogen (secondary N) is 1. The van der Waals surface area contributed by atoms with Crippen LogP contribution in [0.1, 0.15) is 35.7 Å². The van der Waals surface area contributed by atoms with Crippen molar-refractivity contribution < 1.29 is 18.7 Å². The number of ether oxygens (including phenoxy) is 2. The summed E-state index contributed by atoms with van der Waals surface area (Å²) in [5, 5.41) is 2.67. The monoisotopic (exact) mass is 317 g/mol. The summed E-state index contributed by atoms with van der Waals surface area (Å²) in [7, 11) is 1.54. The molecule has 0 radical (unpaired) electrons. The third kappa shape index (κ3) is 4.53. The Bertz CT molecular complexity index is 668. The molecule has 2 rings (SSSR count). The van der Waals surface area contributed by atoms with E-state index in [0.717, 1.165) is 5.56 Å². The van der Waals surface area contributed by atoms with Crippen molar-refractivity contribution in [2.75, 3.05) is 19.2 Å². The lowest BCUT2D eigenvalue weighted by atomic mass is 10.0. The van der Waals surface area contributed by atoms with Gasteiger partial charge in [0.1, 0.15) is 11.6 Å². The van der Waals surface area contributed by atoms with E-state index < -0.39 is 11.7 Å². The van der Waals surface area contributed by atoms with E-state index >= 15 is 0 Å².